The monoisotopic (exact) mass is 265 g/mol. The van der Waals surface area contributed by atoms with E-state index in [4.69, 9.17) is 11.2 Å². The molecule has 20 heavy (non-hydrogen) atoms. The summed E-state index contributed by atoms with van der Waals surface area (Å²) in [5.41, 5.74) is 2.01. The highest BCUT2D eigenvalue weighted by molar-refractivity contribution is 5.73. The minimum Gasteiger partial charge on any atom is -0.505 e. The molecule has 0 fully saturated rings. The van der Waals surface area contributed by atoms with E-state index in [0.29, 0.717) is 11.4 Å². The normalized spacial score (nSPS) is 10.3. The Morgan fingerprint density at radius 3 is 2.45 bits per heavy atom. The summed E-state index contributed by atoms with van der Waals surface area (Å²) < 4.78 is 5.24. The van der Waals surface area contributed by atoms with Gasteiger partial charge in [-0.25, -0.2) is 0 Å². The van der Waals surface area contributed by atoms with E-state index in [0.717, 1.165) is 11.0 Å². The first-order valence-corrected chi connectivity index (χ1v) is 5.99. The number of fused-ring (bicyclic) bond motifs is 1. The molecule has 5 nitrogen and oxygen atoms in total. The number of phenolic OH excluding ortho intramolecular Hbond substituents is 1. The highest BCUT2D eigenvalue weighted by Crippen LogP contribution is 2.26. The van der Waals surface area contributed by atoms with Crippen molar-refractivity contribution < 1.29 is 9.84 Å². The highest BCUT2D eigenvalue weighted by atomic mass is 16.5. The number of terminal acetylenes is 1. The zero-order chi connectivity index (χ0) is 13.9. The van der Waals surface area contributed by atoms with E-state index >= 15 is 0 Å². The third kappa shape index (κ3) is 2.15. The average molecular weight is 265 g/mol. The first kappa shape index (κ1) is 12.1. The number of aromatic hydroxyl groups is 1. The summed E-state index contributed by atoms with van der Waals surface area (Å²) in [7, 11) is 0. The lowest BCUT2D eigenvalue weighted by Gasteiger charge is -2.06. The Hall–Kier alpha value is -3.00. The Morgan fingerprint density at radius 2 is 1.85 bits per heavy atom. The predicted molar refractivity (Wildman–Crippen MR) is 74.9 cm³/mol. The van der Waals surface area contributed by atoms with Crippen LogP contribution in [0.2, 0.25) is 0 Å². The molecule has 0 aliphatic rings. The van der Waals surface area contributed by atoms with Gasteiger partial charge in [0.1, 0.15) is 34.8 Å². The minimum atomic E-state index is 0.0276. The van der Waals surface area contributed by atoms with E-state index < -0.39 is 0 Å². The Kier molecular flexibility index (Phi) is 2.98. The maximum absolute atomic E-state index is 10.0. The smallest absolute Gasteiger partial charge is 0.148 e. The molecular weight excluding hydrogens is 254 g/mol. The van der Waals surface area contributed by atoms with Crippen molar-refractivity contribution in [2.75, 3.05) is 6.61 Å². The van der Waals surface area contributed by atoms with Crippen LogP contribution in [0.15, 0.2) is 42.5 Å². The van der Waals surface area contributed by atoms with E-state index in [1.54, 1.807) is 12.1 Å². The average Bonchev–Trinajstić information content (AvgIpc) is 2.88. The van der Waals surface area contributed by atoms with Crippen molar-refractivity contribution in [3.63, 3.8) is 0 Å². The second-order valence-electron chi connectivity index (χ2n) is 4.12. The highest BCUT2D eigenvalue weighted by Gasteiger charge is 2.09. The molecule has 0 unspecified atom stereocenters. The van der Waals surface area contributed by atoms with Gasteiger partial charge in [-0.1, -0.05) is 18.1 Å². The molecule has 5 heteroatoms. The van der Waals surface area contributed by atoms with Crippen molar-refractivity contribution >= 4 is 11.0 Å². The van der Waals surface area contributed by atoms with E-state index in [9.17, 15) is 5.11 Å². The van der Waals surface area contributed by atoms with Crippen LogP contribution in [-0.4, -0.2) is 26.7 Å². The summed E-state index contributed by atoms with van der Waals surface area (Å²) in [5.74, 6) is 2.89. The molecule has 2 aromatic carbocycles. The van der Waals surface area contributed by atoms with Gasteiger partial charge in [0.25, 0.3) is 0 Å². The lowest BCUT2D eigenvalue weighted by atomic mass is 10.3. The number of aromatic nitrogens is 3. The lowest BCUT2D eigenvalue weighted by Crippen LogP contribution is -2.00. The molecular formula is C15H11N3O2. The molecule has 0 radical (unpaired) electrons. The number of rotatable bonds is 3. The second-order valence-corrected chi connectivity index (χ2v) is 4.12. The quantitative estimate of drug-likeness (QED) is 0.737. The third-order valence-electron chi connectivity index (χ3n) is 2.77. The summed E-state index contributed by atoms with van der Waals surface area (Å²) in [4.78, 5) is 1.39. The first-order chi connectivity index (χ1) is 9.78. The van der Waals surface area contributed by atoms with Gasteiger partial charge < -0.3 is 9.84 Å². The van der Waals surface area contributed by atoms with Gasteiger partial charge in [-0.2, -0.15) is 0 Å². The SMILES string of the molecule is C#CCOc1ccc(-n2nc3ccccc3n2)c(O)c1. The predicted octanol–water partition coefficient (Wildman–Crippen LogP) is 2.14. The van der Waals surface area contributed by atoms with Gasteiger partial charge in [-0.05, 0) is 24.3 Å². The number of hydrogen-bond donors (Lipinski definition) is 1. The van der Waals surface area contributed by atoms with Gasteiger partial charge in [-0.3, -0.25) is 0 Å². The molecule has 3 aromatic rings. The molecule has 0 atom stereocenters. The van der Waals surface area contributed by atoms with Crippen molar-refractivity contribution in [1.82, 2.24) is 15.0 Å². The van der Waals surface area contributed by atoms with E-state index in [-0.39, 0.29) is 12.4 Å². The number of benzene rings is 2. The Labute approximate surface area is 115 Å². The number of ether oxygens (including phenoxy) is 1. The zero-order valence-corrected chi connectivity index (χ0v) is 10.5. The number of phenols is 1. The third-order valence-corrected chi connectivity index (χ3v) is 2.77. The summed E-state index contributed by atoms with van der Waals surface area (Å²) in [6, 6.07) is 12.4. The fraction of sp³-hybridized carbons (Fsp3) is 0.0667. The van der Waals surface area contributed by atoms with Crippen molar-refractivity contribution in [3.8, 4) is 29.5 Å². The molecule has 3 rings (SSSR count). The molecule has 0 aliphatic carbocycles. The summed E-state index contributed by atoms with van der Waals surface area (Å²) in [6.45, 7) is 0.155. The fourth-order valence-corrected chi connectivity index (χ4v) is 1.85. The molecule has 0 aliphatic heterocycles. The Bertz CT molecular complexity index is 769. The summed E-state index contributed by atoms with van der Waals surface area (Å²) >= 11 is 0. The van der Waals surface area contributed by atoms with Crippen molar-refractivity contribution in [2.45, 2.75) is 0 Å². The van der Waals surface area contributed by atoms with E-state index in [1.165, 1.54) is 10.9 Å². The number of nitrogens with zero attached hydrogens (tertiary/aromatic N) is 3. The minimum absolute atomic E-state index is 0.0276. The lowest BCUT2D eigenvalue weighted by molar-refractivity contribution is 0.366. The molecule has 1 aromatic heterocycles. The molecule has 1 N–H and O–H groups in total. The van der Waals surface area contributed by atoms with Gasteiger partial charge >= 0.3 is 0 Å². The molecule has 98 valence electrons. The van der Waals surface area contributed by atoms with Crippen LogP contribution in [0.3, 0.4) is 0 Å². The van der Waals surface area contributed by atoms with Gasteiger partial charge in [0.2, 0.25) is 0 Å². The maximum Gasteiger partial charge on any atom is 0.148 e. The second kappa shape index (κ2) is 4.94. The molecule has 0 amide bonds. The van der Waals surface area contributed by atoms with Crippen LogP contribution in [0, 0.1) is 12.3 Å². The van der Waals surface area contributed by atoms with Crippen LogP contribution < -0.4 is 4.74 Å². The van der Waals surface area contributed by atoms with Crippen molar-refractivity contribution in [2.24, 2.45) is 0 Å². The van der Waals surface area contributed by atoms with Crippen LogP contribution in [-0.2, 0) is 0 Å². The van der Waals surface area contributed by atoms with Gasteiger partial charge in [0, 0.05) is 6.07 Å². The van der Waals surface area contributed by atoms with Gasteiger partial charge in [0.05, 0.1) is 0 Å². The molecule has 0 saturated carbocycles. The van der Waals surface area contributed by atoms with Crippen LogP contribution in [0.25, 0.3) is 16.7 Å². The van der Waals surface area contributed by atoms with Crippen molar-refractivity contribution in [3.05, 3.63) is 42.5 Å². The fourth-order valence-electron chi connectivity index (χ4n) is 1.85. The van der Waals surface area contributed by atoms with E-state index in [1.807, 2.05) is 24.3 Å². The summed E-state index contributed by atoms with van der Waals surface area (Å²) in [6.07, 6.45) is 5.12. The Morgan fingerprint density at radius 1 is 1.15 bits per heavy atom. The maximum atomic E-state index is 10.0. The largest absolute Gasteiger partial charge is 0.505 e. The summed E-state index contributed by atoms with van der Waals surface area (Å²) in [5, 5.41) is 18.7. The van der Waals surface area contributed by atoms with Crippen LogP contribution in [0.1, 0.15) is 0 Å². The van der Waals surface area contributed by atoms with Crippen LogP contribution in [0.4, 0.5) is 0 Å². The zero-order valence-electron chi connectivity index (χ0n) is 10.5. The molecule has 0 saturated heterocycles. The Balaban J connectivity index is 1.99. The molecule has 1 heterocycles. The number of hydrogen-bond acceptors (Lipinski definition) is 4. The first-order valence-electron chi connectivity index (χ1n) is 5.99. The standard InChI is InChI=1S/C15H11N3O2/c1-2-9-20-11-7-8-14(15(19)10-11)18-16-12-5-3-4-6-13(12)17-18/h1,3-8,10,19H,9H2. The van der Waals surface area contributed by atoms with Gasteiger partial charge in [-0.15, -0.1) is 21.4 Å². The topological polar surface area (TPSA) is 60.2 Å². The van der Waals surface area contributed by atoms with Crippen LogP contribution in [0.5, 0.6) is 11.5 Å². The van der Waals surface area contributed by atoms with Crippen molar-refractivity contribution in [1.29, 1.82) is 0 Å². The van der Waals surface area contributed by atoms with E-state index in [2.05, 4.69) is 16.1 Å². The van der Waals surface area contributed by atoms with Gasteiger partial charge in [0.15, 0.2) is 0 Å². The molecule has 0 bridgehead atoms. The van der Waals surface area contributed by atoms with Crippen LogP contribution >= 0.6 is 0 Å². The molecule has 0 spiro atoms.